The summed E-state index contributed by atoms with van der Waals surface area (Å²) < 4.78 is 79.3. The highest BCUT2D eigenvalue weighted by atomic mass is 28.3. The normalized spacial score (nSPS) is 22.0. The fraction of sp³-hybridized carbons (Fsp3) is 0.444. The summed E-state index contributed by atoms with van der Waals surface area (Å²) >= 11 is 0. The lowest BCUT2D eigenvalue weighted by Gasteiger charge is -2.35. The van der Waals surface area contributed by atoms with Gasteiger partial charge in [0, 0.05) is 5.04 Å². The van der Waals surface area contributed by atoms with E-state index in [1.165, 1.54) is 0 Å². The van der Waals surface area contributed by atoms with Gasteiger partial charge in [-0.3, -0.25) is 0 Å². The molecule has 0 aliphatic heterocycles. The molecule has 1 aliphatic rings. The van der Waals surface area contributed by atoms with Gasteiger partial charge in [0.25, 0.3) is 0 Å². The minimum atomic E-state index is -4.83. The second-order valence-corrected chi connectivity index (χ2v) is 10.1. The average Bonchev–Trinajstić information content (AvgIpc) is 2.70. The SMILES string of the molecule is CC1=CC(c2cc(C(F)(F)F)cc(C(F)(F)F)c2)([SiH](C)C)C(C)=C1C. The van der Waals surface area contributed by atoms with Crippen molar-refractivity contribution in [1.82, 2.24) is 0 Å². The molecule has 7 heteroatoms. The summed E-state index contributed by atoms with van der Waals surface area (Å²) in [6, 6.07) is 1.96. The average molecular weight is 378 g/mol. The lowest BCUT2D eigenvalue weighted by Crippen LogP contribution is -2.38. The van der Waals surface area contributed by atoms with Crippen molar-refractivity contribution in [3.05, 3.63) is 57.7 Å². The molecule has 25 heavy (non-hydrogen) atoms. The number of allylic oxidation sites excluding steroid dienone is 4. The zero-order valence-electron chi connectivity index (χ0n) is 14.7. The van der Waals surface area contributed by atoms with Crippen molar-refractivity contribution in [1.29, 1.82) is 0 Å². The Labute approximate surface area is 144 Å². The van der Waals surface area contributed by atoms with E-state index in [0.717, 1.165) is 28.9 Å². The third kappa shape index (κ3) is 3.30. The zero-order chi connectivity index (χ0) is 19.4. The largest absolute Gasteiger partial charge is 0.416 e. The first-order chi connectivity index (χ1) is 11.2. The predicted molar refractivity (Wildman–Crippen MR) is 89.1 cm³/mol. The van der Waals surface area contributed by atoms with Crippen LogP contribution in [0.5, 0.6) is 0 Å². The van der Waals surface area contributed by atoms with E-state index in [4.69, 9.17) is 0 Å². The van der Waals surface area contributed by atoms with E-state index in [9.17, 15) is 26.3 Å². The van der Waals surface area contributed by atoms with Gasteiger partial charge >= 0.3 is 12.4 Å². The lowest BCUT2D eigenvalue weighted by molar-refractivity contribution is -0.143. The molecule has 0 fully saturated rings. The molecule has 138 valence electrons. The van der Waals surface area contributed by atoms with E-state index < -0.39 is 37.3 Å². The third-order valence-corrected chi connectivity index (χ3v) is 7.95. The maximum atomic E-state index is 13.2. The maximum Gasteiger partial charge on any atom is 0.416 e. The molecule has 0 amide bonds. The molecule has 0 bridgehead atoms. The molecule has 0 nitrogen and oxygen atoms in total. The van der Waals surface area contributed by atoms with Crippen LogP contribution in [-0.2, 0) is 17.4 Å². The fourth-order valence-corrected chi connectivity index (χ4v) is 6.09. The molecule has 0 saturated heterocycles. The predicted octanol–water partition coefficient (Wildman–Crippen LogP) is 6.28. The van der Waals surface area contributed by atoms with E-state index >= 15 is 0 Å². The van der Waals surface area contributed by atoms with Gasteiger partial charge in [-0.25, -0.2) is 0 Å². The van der Waals surface area contributed by atoms with Crippen LogP contribution in [0.3, 0.4) is 0 Å². The van der Waals surface area contributed by atoms with Crippen molar-refractivity contribution in [2.75, 3.05) is 0 Å². The van der Waals surface area contributed by atoms with E-state index in [1.54, 1.807) is 0 Å². The molecule has 0 radical (unpaired) electrons. The molecule has 0 N–H and O–H groups in total. The van der Waals surface area contributed by atoms with Crippen LogP contribution in [0.25, 0.3) is 0 Å². The summed E-state index contributed by atoms with van der Waals surface area (Å²) in [5.41, 5.74) is 0.269. The standard InChI is InChI=1S/C18H20F6Si/c1-10-9-16(25(4)5,12(3)11(10)2)13-6-14(17(19,20)21)8-15(7-13)18(22,23)24/h6-9,25H,1-5H3. The van der Waals surface area contributed by atoms with Crippen molar-refractivity contribution in [3.8, 4) is 0 Å². The fourth-order valence-electron chi connectivity index (χ4n) is 3.59. The Kier molecular flexibility index (Phi) is 4.79. The van der Waals surface area contributed by atoms with Crippen LogP contribution in [0.4, 0.5) is 26.3 Å². The Bertz CT molecular complexity index is 720. The molecule has 0 heterocycles. The summed E-state index contributed by atoms with van der Waals surface area (Å²) in [6.07, 6.45) is -7.82. The lowest BCUT2D eigenvalue weighted by atomic mass is 9.89. The van der Waals surface area contributed by atoms with E-state index in [2.05, 4.69) is 0 Å². The second kappa shape index (κ2) is 6.04. The number of benzene rings is 1. The first kappa shape index (κ1) is 19.8. The van der Waals surface area contributed by atoms with Gasteiger partial charge in [-0.2, -0.15) is 26.3 Å². The summed E-state index contributed by atoms with van der Waals surface area (Å²) in [5.74, 6) is 0. The van der Waals surface area contributed by atoms with Crippen LogP contribution in [0, 0.1) is 0 Å². The molecule has 0 aromatic heterocycles. The monoisotopic (exact) mass is 378 g/mol. The van der Waals surface area contributed by atoms with Crippen LogP contribution >= 0.6 is 0 Å². The van der Waals surface area contributed by atoms with Gasteiger partial charge in [-0.05, 0) is 50.1 Å². The van der Waals surface area contributed by atoms with E-state index in [0.29, 0.717) is 0 Å². The first-order valence-corrected chi connectivity index (χ1v) is 10.8. The van der Waals surface area contributed by atoms with E-state index in [-0.39, 0.29) is 11.6 Å². The minimum Gasteiger partial charge on any atom is -0.166 e. The number of rotatable bonds is 2. The topological polar surface area (TPSA) is 0 Å². The van der Waals surface area contributed by atoms with Gasteiger partial charge in [-0.15, -0.1) is 0 Å². The maximum absolute atomic E-state index is 13.2. The molecular weight excluding hydrogens is 358 g/mol. The highest BCUT2D eigenvalue weighted by Crippen LogP contribution is 2.47. The van der Waals surface area contributed by atoms with Crippen LogP contribution in [0.2, 0.25) is 13.1 Å². The molecule has 1 aromatic carbocycles. The smallest absolute Gasteiger partial charge is 0.166 e. The van der Waals surface area contributed by atoms with Gasteiger partial charge in [0.05, 0.1) is 19.9 Å². The van der Waals surface area contributed by atoms with Crippen LogP contribution in [-0.4, -0.2) is 8.80 Å². The van der Waals surface area contributed by atoms with Gasteiger partial charge in [-0.1, -0.05) is 30.3 Å². The highest BCUT2D eigenvalue weighted by molar-refractivity contribution is 6.61. The Morgan fingerprint density at radius 2 is 1.24 bits per heavy atom. The Morgan fingerprint density at radius 1 is 0.800 bits per heavy atom. The Balaban J connectivity index is 2.85. The summed E-state index contributed by atoms with van der Waals surface area (Å²) in [7, 11) is -1.74. The number of halogens is 6. The van der Waals surface area contributed by atoms with Gasteiger partial charge < -0.3 is 0 Å². The van der Waals surface area contributed by atoms with Crippen molar-refractivity contribution in [2.24, 2.45) is 0 Å². The minimum absolute atomic E-state index is 0.0880. The van der Waals surface area contributed by atoms with Gasteiger partial charge in [0.15, 0.2) is 0 Å². The molecule has 1 unspecified atom stereocenters. The van der Waals surface area contributed by atoms with Crippen molar-refractivity contribution >= 4 is 8.80 Å². The van der Waals surface area contributed by atoms with Crippen LogP contribution in [0.1, 0.15) is 37.5 Å². The molecule has 0 saturated carbocycles. The molecule has 1 atom stereocenters. The molecule has 2 rings (SSSR count). The second-order valence-electron chi connectivity index (χ2n) is 6.90. The van der Waals surface area contributed by atoms with Crippen molar-refractivity contribution in [2.45, 2.75) is 51.3 Å². The van der Waals surface area contributed by atoms with Crippen LogP contribution < -0.4 is 0 Å². The van der Waals surface area contributed by atoms with Crippen molar-refractivity contribution < 1.29 is 26.3 Å². The summed E-state index contributed by atoms with van der Waals surface area (Å²) in [6.45, 7) is 9.40. The molecular formula is C18H20F6Si. The number of alkyl halides is 6. The molecule has 1 aliphatic carbocycles. The van der Waals surface area contributed by atoms with Gasteiger partial charge in [0.2, 0.25) is 0 Å². The van der Waals surface area contributed by atoms with Gasteiger partial charge in [0.1, 0.15) is 0 Å². The van der Waals surface area contributed by atoms with E-state index in [1.807, 2.05) is 39.9 Å². The highest BCUT2D eigenvalue weighted by Gasteiger charge is 2.44. The zero-order valence-corrected chi connectivity index (χ0v) is 15.8. The number of hydrogen-bond donors (Lipinski definition) is 0. The summed E-state index contributed by atoms with van der Waals surface area (Å²) in [4.78, 5) is 0. The van der Waals surface area contributed by atoms with Crippen molar-refractivity contribution in [3.63, 3.8) is 0 Å². The molecule has 1 aromatic rings. The van der Waals surface area contributed by atoms with Crippen LogP contribution in [0.15, 0.2) is 41.0 Å². The Morgan fingerprint density at radius 3 is 1.52 bits per heavy atom. The molecule has 0 spiro atoms. The third-order valence-electron chi connectivity index (χ3n) is 5.19. The number of hydrogen-bond acceptors (Lipinski definition) is 0. The summed E-state index contributed by atoms with van der Waals surface area (Å²) in [5, 5.41) is -0.838. The Hall–Kier alpha value is -1.50. The first-order valence-electron chi connectivity index (χ1n) is 7.89. The quantitative estimate of drug-likeness (QED) is 0.419.